The number of hydrogen-bond acceptors (Lipinski definition) is 3. The maximum Gasteiger partial charge on any atom is 0.297 e. The summed E-state index contributed by atoms with van der Waals surface area (Å²) >= 11 is 0. The second kappa shape index (κ2) is 5.65. The van der Waals surface area contributed by atoms with Gasteiger partial charge < -0.3 is 0 Å². The van der Waals surface area contributed by atoms with Gasteiger partial charge in [-0.25, -0.2) is 0 Å². The molecule has 1 atom stereocenters. The van der Waals surface area contributed by atoms with Gasteiger partial charge in [0.1, 0.15) is 0 Å². The molecule has 0 radical (unpaired) electrons. The van der Waals surface area contributed by atoms with E-state index in [-0.39, 0.29) is 16.9 Å². The van der Waals surface area contributed by atoms with Crippen LogP contribution in [-0.2, 0) is 14.3 Å². The van der Waals surface area contributed by atoms with E-state index in [1.807, 2.05) is 27.7 Å². The molecule has 0 aromatic heterocycles. The molecule has 0 aliphatic carbocycles. The minimum atomic E-state index is -3.63. The first-order valence-corrected chi connectivity index (χ1v) is 7.27. The predicted molar refractivity (Wildman–Crippen MR) is 68.4 cm³/mol. The molecular weight excluding hydrogens is 236 g/mol. The van der Waals surface area contributed by atoms with Gasteiger partial charge in [0.25, 0.3) is 10.1 Å². The monoisotopic (exact) mass is 256 g/mol. The van der Waals surface area contributed by atoms with E-state index >= 15 is 0 Å². The Balaban J connectivity index is 2.92. The highest BCUT2D eigenvalue weighted by Crippen LogP contribution is 2.19. The van der Waals surface area contributed by atoms with Crippen molar-refractivity contribution in [3.05, 3.63) is 29.8 Å². The van der Waals surface area contributed by atoms with Crippen molar-refractivity contribution in [2.75, 3.05) is 0 Å². The average molecular weight is 256 g/mol. The van der Waals surface area contributed by atoms with Gasteiger partial charge in [-0.05, 0) is 31.4 Å². The zero-order valence-corrected chi connectivity index (χ0v) is 11.6. The van der Waals surface area contributed by atoms with Crippen LogP contribution in [0.2, 0.25) is 0 Å². The Morgan fingerprint density at radius 2 is 1.71 bits per heavy atom. The molecule has 0 heterocycles. The van der Waals surface area contributed by atoms with E-state index in [1.165, 1.54) is 0 Å². The lowest BCUT2D eigenvalue weighted by Gasteiger charge is -2.19. The zero-order valence-electron chi connectivity index (χ0n) is 10.8. The Labute approximate surface area is 104 Å². The molecule has 0 saturated heterocycles. The highest BCUT2D eigenvalue weighted by molar-refractivity contribution is 7.86. The van der Waals surface area contributed by atoms with Crippen molar-refractivity contribution in [1.29, 1.82) is 0 Å². The van der Waals surface area contributed by atoms with Crippen molar-refractivity contribution in [3.63, 3.8) is 0 Å². The smallest absolute Gasteiger partial charge is 0.263 e. The summed E-state index contributed by atoms with van der Waals surface area (Å²) in [6.07, 6.45) is 0.421. The molecule has 1 aromatic carbocycles. The first-order valence-electron chi connectivity index (χ1n) is 5.86. The van der Waals surface area contributed by atoms with Gasteiger partial charge in [0.05, 0.1) is 11.0 Å². The molecule has 0 spiro atoms. The molecule has 3 nitrogen and oxygen atoms in total. The molecule has 1 unspecified atom stereocenters. The fourth-order valence-corrected chi connectivity index (χ4v) is 2.84. The molecule has 0 fully saturated rings. The fourth-order valence-electron chi connectivity index (χ4n) is 1.57. The number of rotatable bonds is 5. The first-order chi connectivity index (χ1) is 7.86. The van der Waals surface area contributed by atoms with E-state index in [4.69, 9.17) is 4.18 Å². The van der Waals surface area contributed by atoms with E-state index in [0.29, 0.717) is 6.42 Å². The Hall–Kier alpha value is -0.870. The van der Waals surface area contributed by atoms with Crippen LogP contribution in [0.25, 0.3) is 0 Å². The summed E-state index contributed by atoms with van der Waals surface area (Å²) in [5.41, 5.74) is 1.03. The molecule has 0 saturated carbocycles. The third-order valence-electron chi connectivity index (χ3n) is 2.71. The van der Waals surface area contributed by atoms with Gasteiger partial charge in [0.15, 0.2) is 0 Å². The number of aryl methyl sites for hydroxylation is 1. The molecule has 0 aliphatic heterocycles. The SMILES string of the molecule is CCC(OS(=O)(=O)c1ccc(C)cc1)C(C)C. The van der Waals surface area contributed by atoms with Crippen LogP contribution in [-0.4, -0.2) is 14.5 Å². The summed E-state index contributed by atoms with van der Waals surface area (Å²) in [5, 5.41) is 0. The molecular formula is C13H20O3S. The fraction of sp³-hybridized carbons (Fsp3) is 0.538. The molecule has 0 aliphatic rings. The van der Waals surface area contributed by atoms with E-state index in [2.05, 4.69) is 0 Å². The molecule has 96 valence electrons. The van der Waals surface area contributed by atoms with Crippen LogP contribution < -0.4 is 0 Å². The lowest BCUT2D eigenvalue weighted by molar-refractivity contribution is 0.155. The first kappa shape index (κ1) is 14.2. The van der Waals surface area contributed by atoms with Crippen molar-refractivity contribution in [1.82, 2.24) is 0 Å². The van der Waals surface area contributed by atoms with Crippen molar-refractivity contribution < 1.29 is 12.6 Å². The van der Waals surface area contributed by atoms with Crippen LogP contribution in [0.15, 0.2) is 29.2 Å². The molecule has 0 amide bonds. The van der Waals surface area contributed by atoms with Gasteiger partial charge in [-0.15, -0.1) is 0 Å². The average Bonchev–Trinajstić information content (AvgIpc) is 2.26. The molecule has 4 heteroatoms. The summed E-state index contributed by atoms with van der Waals surface area (Å²) < 4.78 is 29.2. The second-order valence-electron chi connectivity index (χ2n) is 4.55. The van der Waals surface area contributed by atoms with Crippen LogP contribution in [0.4, 0.5) is 0 Å². The minimum Gasteiger partial charge on any atom is -0.263 e. The van der Waals surface area contributed by atoms with Gasteiger partial charge in [-0.3, -0.25) is 4.18 Å². The van der Waals surface area contributed by atoms with Crippen molar-refractivity contribution in [2.24, 2.45) is 5.92 Å². The van der Waals surface area contributed by atoms with Gasteiger partial charge in [-0.1, -0.05) is 38.5 Å². The minimum absolute atomic E-state index is 0.181. The summed E-state index contributed by atoms with van der Waals surface area (Å²) in [5.74, 6) is 0.181. The van der Waals surface area contributed by atoms with E-state index in [9.17, 15) is 8.42 Å². The summed E-state index contributed by atoms with van der Waals surface area (Å²) in [6.45, 7) is 7.76. The van der Waals surface area contributed by atoms with Crippen LogP contribution in [0.3, 0.4) is 0 Å². The maximum absolute atomic E-state index is 12.0. The molecule has 1 rings (SSSR count). The van der Waals surface area contributed by atoms with Gasteiger partial charge in [0.2, 0.25) is 0 Å². The Bertz CT molecular complexity index is 446. The highest BCUT2D eigenvalue weighted by atomic mass is 32.2. The van der Waals surface area contributed by atoms with Gasteiger partial charge >= 0.3 is 0 Å². The van der Waals surface area contributed by atoms with Crippen molar-refractivity contribution >= 4 is 10.1 Å². The molecule has 0 bridgehead atoms. The molecule has 1 aromatic rings. The van der Waals surface area contributed by atoms with Crippen molar-refractivity contribution in [2.45, 2.75) is 45.1 Å². The maximum atomic E-state index is 12.0. The van der Waals surface area contributed by atoms with Crippen LogP contribution in [0.5, 0.6) is 0 Å². The summed E-state index contributed by atoms with van der Waals surface area (Å²) in [7, 11) is -3.63. The van der Waals surface area contributed by atoms with Gasteiger partial charge in [-0.2, -0.15) is 8.42 Å². The van der Waals surface area contributed by atoms with Crippen molar-refractivity contribution in [3.8, 4) is 0 Å². The van der Waals surface area contributed by atoms with E-state index < -0.39 is 10.1 Å². The lowest BCUT2D eigenvalue weighted by Crippen LogP contribution is -2.23. The predicted octanol–water partition coefficient (Wildman–Crippen LogP) is 3.13. The summed E-state index contributed by atoms with van der Waals surface area (Å²) in [6, 6.07) is 6.70. The van der Waals surface area contributed by atoms with Crippen LogP contribution in [0, 0.1) is 12.8 Å². The number of hydrogen-bond donors (Lipinski definition) is 0. The zero-order chi connectivity index (χ0) is 13.1. The summed E-state index contributed by atoms with van der Waals surface area (Å²) in [4.78, 5) is 0.224. The van der Waals surface area contributed by atoms with Gasteiger partial charge in [0, 0.05) is 0 Å². The van der Waals surface area contributed by atoms with Crippen LogP contribution in [0.1, 0.15) is 32.8 Å². The second-order valence-corrected chi connectivity index (χ2v) is 6.13. The van der Waals surface area contributed by atoms with Crippen LogP contribution >= 0.6 is 0 Å². The lowest BCUT2D eigenvalue weighted by atomic mass is 10.1. The Kier molecular flexibility index (Phi) is 4.71. The molecule has 0 N–H and O–H groups in total. The topological polar surface area (TPSA) is 43.4 Å². The Morgan fingerprint density at radius 1 is 1.18 bits per heavy atom. The number of benzene rings is 1. The quantitative estimate of drug-likeness (QED) is 0.760. The standard InChI is InChI=1S/C13H20O3S/c1-5-13(10(2)3)16-17(14,15)12-8-6-11(4)7-9-12/h6-10,13H,5H2,1-4H3. The van der Waals surface area contributed by atoms with E-state index in [1.54, 1.807) is 24.3 Å². The Morgan fingerprint density at radius 3 is 2.12 bits per heavy atom. The third kappa shape index (κ3) is 3.82. The van der Waals surface area contributed by atoms with E-state index in [0.717, 1.165) is 5.56 Å². The third-order valence-corrected chi connectivity index (χ3v) is 4.06. The highest BCUT2D eigenvalue weighted by Gasteiger charge is 2.22. The largest absolute Gasteiger partial charge is 0.297 e. The normalized spacial score (nSPS) is 13.9. The molecule has 17 heavy (non-hydrogen) atoms.